The number of fused-ring (bicyclic) bond motifs is 1. The van der Waals surface area contributed by atoms with Gasteiger partial charge in [0, 0.05) is 26.0 Å². The van der Waals surface area contributed by atoms with Crippen molar-refractivity contribution in [1.29, 1.82) is 5.26 Å². The van der Waals surface area contributed by atoms with Crippen molar-refractivity contribution in [3.63, 3.8) is 0 Å². The summed E-state index contributed by atoms with van der Waals surface area (Å²) in [6, 6.07) is 25.1. The molecule has 4 aromatic rings. The highest BCUT2D eigenvalue weighted by Crippen LogP contribution is 2.40. The summed E-state index contributed by atoms with van der Waals surface area (Å²) in [5.41, 5.74) is 3.33. The quantitative estimate of drug-likeness (QED) is 0.116. The normalized spacial score (nSPS) is 14.8. The number of thiophene rings is 1. The molecular weight excluding hydrogens is 636 g/mol. The van der Waals surface area contributed by atoms with Crippen molar-refractivity contribution in [3.05, 3.63) is 117 Å². The fraction of sp³-hybridized carbons (Fsp3) is 0.222. The van der Waals surface area contributed by atoms with Crippen LogP contribution in [0.2, 0.25) is 5.02 Å². The molecule has 0 bridgehead atoms. The third-order valence-electron chi connectivity index (χ3n) is 7.60. The summed E-state index contributed by atoms with van der Waals surface area (Å²) in [7, 11) is 0. The van der Waals surface area contributed by atoms with Gasteiger partial charge in [0.25, 0.3) is 11.8 Å². The van der Waals surface area contributed by atoms with Crippen LogP contribution < -0.4 is 16.0 Å². The smallest absolute Gasteiger partial charge is 0.272 e. The second kappa shape index (κ2) is 15.3. The molecule has 0 radical (unpaired) electrons. The molecule has 3 aromatic carbocycles. The van der Waals surface area contributed by atoms with Crippen LogP contribution in [-0.4, -0.2) is 23.0 Å². The van der Waals surface area contributed by atoms with Crippen LogP contribution >= 0.6 is 34.7 Å². The molecule has 3 amide bonds. The van der Waals surface area contributed by atoms with Gasteiger partial charge in [-0.1, -0.05) is 61.8 Å². The lowest BCUT2D eigenvalue weighted by molar-refractivity contribution is -0.116. The molecule has 46 heavy (non-hydrogen) atoms. The summed E-state index contributed by atoms with van der Waals surface area (Å²) in [6.07, 6.45) is 4.99. The lowest BCUT2D eigenvalue weighted by atomic mass is 9.88. The maximum Gasteiger partial charge on any atom is 0.272 e. The number of nitriles is 1. The van der Waals surface area contributed by atoms with E-state index in [1.165, 1.54) is 28.0 Å². The second-order valence-corrected chi connectivity index (χ2v) is 13.9. The highest BCUT2D eigenvalue weighted by Gasteiger charge is 2.27. The Morgan fingerprint density at radius 2 is 1.83 bits per heavy atom. The number of nitrogens with zero attached hydrogens (tertiary/aromatic N) is 1. The minimum atomic E-state index is -0.508. The molecule has 234 valence electrons. The number of hydrogen-bond donors (Lipinski definition) is 3. The van der Waals surface area contributed by atoms with E-state index in [0.29, 0.717) is 44.7 Å². The lowest BCUT2D eigenvalue weighted by Crippen LogP contribution is -2.30. The Morgan fingerprint density at radius 1 is 1.07 bits per heavy atom. The van der Waals surface area contributed by atoms with E-state index >= 15 is 0 Å². The molecule has 1 aliphatic carbocycles. The van der Waals surface area contributed by atoms with E-state index in [1.807, 2.05) is 19.1 Å². The molecule has 3 N–H and O–H groups in total. The van der Waals surface area contributed by atoms with Gasteiger partial charge >= 0.3 is 0 Å². The maximum atomic E-state index is 13.5. The Labute approximate surface area is 282 Å². The van der Waals surface area contributed by atoms with Gasteiger partial charge in [-0.05, 0) is 91.3 Å². The van der Waals surface area contributed by atoms with Gasteiger partial charge < -0.3 is 16.0 Å². The van der Waals surface area contributed by atoms with Gasteiger partial charge in [-0.25, -0.2) is 0 Å². The molecule has 1 aromatic heterocycles. The average molecular weight is 669 g/mol. The summed E-state index contributed by atoms with van der Waals surface area (Å²) in [5.74, 6) is -0.525. The van der Waals surface area contributed by atoms with Crippen LogP contribution in [0.5, 0.6) is 0 Å². The predicted octanol–water partition coefficient (Wildman–Crippen LogP) is 8.32. The predicted molar refractivity (Wildman–Crippen MR) is 187 cm³/mol. The second-order valence-electron chi connectivity index (χ2n) is 11.1. The summed E-state index contributed by atoms with van der Waals surface area (Å²) in [4.78, 5) is 41.8. The van der Waals surface area contributed by atoms with Crippen LogP contribution in [0.1, 0.15) is 58.6 Å². The number of rotatable bonds is 10. The minimum Gasteiger partial charge on any atom is -0.321 e. The van der Waals surface area contributed by atoms with Crippen LogP contribution in [-0.2, 0) is 22.4 Å². The van der Waals surface area contributed by atoms with E-state index in [2.05, 4.69) is 28.9 Å². The molecule has 0 fully saturated rings. The van der Waals surface area contributed by atoms with Crippen molar-refractivity contribution in [3.8, 4) is 6.07 Å². The molecule has 2 atom stereocenters. The molecule has 0 saturated carbocycles. The van der Waals surface area contributed by atoms with Crippen LogP contribution in [0.3, 0.4) is 0 Å². The van der Waals surface area contributed by atoms with Crippen molar-refractivity contribution < 1.29 is 14.4 Å². The molecule has 0 aliphatic heterocycles. The van der Waals surface area contributed by atoms with Crippen LogP contribution in [0.4, 0.5) is 10.7 Å². The van der Waals surface area contributed by atoms with Crippen LogP contribution in [0.25, 0.3) is 6.08 Å². The van der Waals surface area contributed by atoms with Crippen LogP contribution in [0, 0.1) is 17.2 Å². The molecule has 1 aliphatic rings. The molecule has 2 unspecified atom stereocenters. The van der Waals surface area contributed by atoms with E-state index in [-0.39, 0.29) is 11.6 Å². The van der Waals surface area contributed by atoms with E-state index < -0.39 is 17.1 Å². The number of amides is 3. The highest BCUT2D eigenvalue weighted by atomic mass is 35.5. The molecule has 0 spiro atoms. The fourth-order valence-electron chi connectivity index (χ4n) is 5.15. The van der Waals surface area contributed by atoms with Crippen molar-refractivity contribution in [1.82, 2.24) is 5.32 Å². The number of benzene rings is 3. The number of halogens is 1. The summed E-state index contributed by atoms with van der Waals surface area (Å²) in [5, 5.41) is 19.3. The number of carbonyl (C=O) groups excluding carboxylic acids is 3. The molecule has 1 heterocycles. The first-order chi connectivity index (χ1) is 22.2. The Kier molecular flexibility index (Phi) is 11.0. The number of carbonyl (C=O) groups is 3. The SMILES string of the molecule is CCC(Sc1cccc(NC(=O)/C(=C\c2ccc(Cl)cc2)NC(=O)c2ccccc2)c1)C(=O)Nc1sc2c(c1C#N)CCC(C)C2. The van der Waals surface area contributed by atoms with Crippen LogP contribution in [0.15, 0.2) is 89.5 Å². The Bertz CT molecular complexity index is 1810. The van der Waals surface area contributed by atoms with Gasteiger partial charge in [0.1, 0.15) is 16.8 Å². The van der Waals surface area contributed by atoms with E-state index in [0.717, 1.165) is 29.7 Å². The Morgan fingerprint density at radius 3 is 2.54 bits per heavy atom. The maximum absolute atomic E-state index is 13.5. The van der Waals surface area contributed by atoms with Gasteiger partial charge in [0.15, 0.2) is 0 Å². The summed E-state index contributed by atoms with van der Waals surface area (Å²) >= 11 is 8.94. The molecule has 5 rings (SSSR count). The number of nitrogens with one attached hydrogen (secondary N) is 3. The fourth-order valence-corrected chi connectivity index (χ4v) is 7.65. The molecule has 0 saturated heterocycles. The van der Waals surface area contributed by atoms with Crippen molar-refractivity contribution in [2.24, 2.45) is 5.92 Å². The minimum absolute atomic E-state index is 0.0568. The number of hydrogen-bond acceptors (Lipinski definition) is 6. The number of thioether (sulfide) groups is 1. The van der Waals surface area contributed by atoms with Gasteiger partial charge in [-0.3, -0.25) is 14.4 Å². The topological polar surface area (TPSA) is 111 Å². The molecular formula is C36H33ClN4O3S2. The Balaban J connectivity index is 1.30. The third kappa shape index (κ3) is 8.26. The largest absolute Gasteiger partial charge is 0.321 e. The zero-order chi connectivity index (χ0) is 32.6. The van der Waals surface area contributed by atoms with Gasteiger partial charge in [-0.2, -0.15) is 5.26 Å². The zero-order valence-electron chi connectivity index (χ0n) is 25.4. The monoisotopic (exact) mass is 668 g/mol. The van der Waals surface area contributed by atoms with Gasteiger partial charge in [-0.15, -0.1) is 23.1 Å². The summed E-state index contributed by atoms with van der Waals surface area (Å²) in [6.45, 7) is 4.16. The van der Waals surface area contributed by atoms with Gasteiger partial charge in [0.05, 0.1) is 10.8 Å². The van der Waals surface area contributed by atoms with E-state index in [1.54, 1.807) is 72.8 Å². The average Bonchev–Trinajstić information content (AvgIpc) is 3.40. The summed E-state index contributed by atoms with van der Waals surface area (Å²) < 4.78 is 0. The first-order valence-corrected chi connectivity index (χ1v) is 17.1. The standard InChI is InChI=1S/C36H33ClN4O3S2/c1-3-31(35(44)41-36-29(21-38)28-17-12-22(2)18-32(28)46-36)45-27-11-7-10-26(20-27)39-34(43)30(19-23-13-15-25(37)16-14-23)40-33(42)24-8-5-4-6-9-24/h4-11,13-16,19-20,22,31H,3,12,17-18H2,1-2H3,(H,39,43)(H,40,42)(H,41,44)/b30-19+. The van der Waals surface area contributed by atoms with Crippen molar-refractivity contribution in [2.75, 3.05) is 10.6 Å². The molecule has 7 nitrogen and oxygen atoms in total. The first-order valence-electron chi connectivity index (χ1n) is 15.0. The first kappa shape index (κ1) is 33.0. The van der Waals surface area contributed by atoms with Crippen molar-refractivity contribution in [2.45, 2.75) is 49.7 Å². The zero-order valence-corrected chi connectivity index (χ0v) is 27.8. The van der Waals surface area contributed by atoms with E-state index in [9.17, 15) is 19.6 Å². The van der Waals surface area contributed by atoms with Gasteiger partial charge in [0.2, 0.25) is 5.91 Å². The van der Waals surface area contributed by atoms with E-state index in [4.69, 9.17) is 11.6 Å². The number of anilines is 2. The van der Waals surface area contributed by atoms with Crippen molar-refractivity contribution >= 4 is 69.2 Å². The highest BCUT2D eigenvalue weighted by molar-refractivity contribution is 8.00. The third-order valence-corrected chi connectivity index (χ3v) is 10.4. The lowest BCUT2D eigenvalue weighted by Gasteiger charge is -2.17. The molecule has 10 heteroatoms. The Hall–Kier alpha value is -4.36.